The van der Waals surface area contributed by atoms with Crippen LogP contribution < -0.4 is 0 Å². The van der Waals surface area contributed by atoms with E-state index in [4.69, 9.17) is 0 Å². The molecule has 0 aromatic rings. The van der Waals surface area contributed by atoms with Gasteiger partial charge in [-0.1, -0.05) is 8.11 Å². The van der Waals surface area contributed by atoms with Crippen molar-refractivity contribution in [2.45, 2.75) is 6.92 Å². The van der Waals surface area contributed by atoms with Gasteiger partial charge in [0.2, 0.25) is 10.0 Å². The van der Waals surface area contributed by atoms with Crippen LogP contribution in [0.25, 0.3) is 0 Å². The van der Waals surface area contributed by atoms with E-state index < -0.39 is 26.0 Å². The molecule has 13 heavy (non-hydrogen) atoms. The number of hydrogen-bond donors (Lipinski definition) is 0. The van der Waals surface area contributed by atoms with E-state index in [9.17, 15) is 21.6 Å². The van der Waals surface area contributed by atoms with Crippen LogP contribution >= 0.6 is 0 Å². The lowest BCUT2D eigenvalue weighted by molar-refractivity contribution is 0.526. The molecular weight excluding hydrogens is 220 g/mol. The molecule has 0 spiro atoms. The number of isocyanates is 1. The molecule has 0 aliphatic rings. The Morgan fingerprint density at radius 3 is 2.08 bits per heavy atom. The highest BCUT2D eigenvalue weighted by Gasteiger charge is 2.27. The Bertz CT molecular complexity index is 415. The number of rotatable bonds is 4. The highest BCUT2D eigenvalue weighted by Crippen LogP contribution is 2.06. The molecule has 0 rings (SSSR count). The Morgan fingerprint density at radius 1 is 1.31 bits per heavy atom. The molecule has 0 saturated carbocycles. The van der Waals surface area contributed by atoms with Gasteiger partial charge in [0.05, 0.1) is 5.75 Å². The maximum Gasteiger partial charge on any atom is 0.345 e. The van der Waals surface area contributed by atoms with Crippen LogP contribution in [0.3, 0.4) is 0 Å². The summed E-state index contributed by atoms with van der Waals surface area (Å²) >= 11 is 0. The molecule has 76 valence electrons. The molecule has 0 radical (unpaired) electrons. The van der Waals surface area contributed by atoms with Gasteiger partial charge in [0.1, 0.15) is 0 Å². The molecule has 0 fully saturated rings. The largest absolute Gasteiger partial charge is 0.345 e. The third-order valence-corrected chi connectivity index (χ3v) is 4.95. The van der Waals surface area contributed by atoms with Crippen LogP contribution in [0, 0.1) is 0 Å². The van der Waals surface area contributed by atoms with Crippen LogP contribution in [0.15, 0.2) is 4.40 Å². The SMILES string of the molecule is CCS(=O)(=O)N(C)S(=O)(=O)N=C=O. The lowest BCUT2D eigenvalue weighted by atomic mass is 11.0. The summed E-state index contributed by atoms with van der Waals surface area (Å²) in [6.07, 6.45) is 0.766. The van der Waals surface area contributed by atoms with E-state index >= 15 is 0 Å². The van der Waals surface area contributed by atoms with E-state index in [-0.39, 0.29) is 3.71 Å². The third-order valence-electron chi connectivity index (χ3n) is 1.23. The van der Waals surface area contributed by atoms with Gasteiger partial charge in [-0.2, -0.15) is 8.42 Å². The van der Waals surface area contributed by atoms with Crippen LogP contribution in [0.1, 0.15) is 6.92 Å². The van der Waals surface area contributed by atoms with Crippen molar-refractivity contribution in [2.75, 3.05) is 12.8 Å². The molecule has 0 amide bonds. The topological polar surface area (TPSA) is 101 Å². The first-order chi connectivity index (χ1) is 5.78. The first-order valence-electron chi connectivity index (χ1n) is 3.09. The molecule has 0 unspecified atom stereocenters. The number of hydrogen-bond acceptors (Lipinski definition) is 5. The Kier molecular flexibility index (Phi) is 3.73. The van der Waals surface area contributed by atoms with E-state index in [1.54, 1.807) is 0 Å². The molecule has 0 aromatic heterocycles. The Labute approximate surface area is 76.3 Å². The molecule has 0 atom stereocenters. The summed E-state index contributed by atoms with van der Waals surface area (Å²) < 4.78 is 46.1. The molecule has 0 aromatic carbocycles. The Balaban J connectivity index is 5.27. The van der Waals surface area contributed by atoms with Gasteiger partial charge in [0.25, 0.3) is 6.08 Å². The smallest absolute Gasteiger partial charge is 0.211 e. The van der Waals surface area contributed by atoms with Crippen LogP contribution in [0.5, 0.6) is 0 Å². The van der Waals surface area contributed by atoms with Gasteiger partial charge in [-0.15, -0.1) is 0 Å². The zero-order chi connectivity index (χ0) is 10.7. The second-order valence-electron chi connectivity index (χ2n) is 1.94. The third kappa shape index (κ3) is 2.88. The fraction of sp³-hybridized carbons (Fsp3) is 0.750. The van der Waals surface area contributed by atoms with Crippen LogP contribution in [-0.4, -0.2) is 39.4 Å². The number of sulfonamides is 1. The van der Waals surface area contributed by atoms with E-state index in [2.05, 4.69) is 4.40 Å². The Hall–Kier alpha value is -0.760. The van der Waals surface area contributed by atoms with Crippen LogP contribution in [0.2, 0.25) is 0 Å². The second kappa shape index (κ2) is 3.97. The molecule has 0 saturated heterocycles. The number of carbonyl (C=O) groups excluding carboxylic acids is 1. The van der Waals surface area contributed by atoms with Crippen LogP contribution in [0.4, 0.5) is 0 Å². The summed E-state index contributed by atoms with van der Waals surface area (Å²) in [5.41, 5.74) is 0. The fourth-order valence-electron chi connectivity index (χ4n) is 0.430. The first-order valence-corrected chi connectivity index (χ1v) is 6.09. The van der Waals surface area contributed by atoms with Gasteiger partial charge in [0, 0.05) is 7.05 Å². The zero-order valence-electron chi connectivity index (χ0n) is 6.96. The predicted molar refractivity (Wildman–Crippen MR) is 44.3 cm³/mol. The molecule has 7 nitrogen and oxygen atoms in total. The predicted octanol–water partition coefficient (Wildman–Crippen LogP) is -1.15. The normalized spacial score (nSPS) is 12.5. The summed E-state index contributed by atoms with van der Waals surface area (Å²) in [6, 6.07) is 0. The molecule has 0 heterocycles. The van der Waals surface area contributed by atoms with E-state index in [0.29, 0.717) is 0 Å². The average molecular weight is 228 g/mol. The van der Waals surface area contributed by atoms with Crippen molar-refractivity contribution < 1.29 is 21.6 Å². The minimum absolute atomic E-state index is 0.0326. The van der Waals surface area contributed by atoms with Gasteiger partial charge < -0.3 is 0 Å². The van der Waals surface area contributed by atoms with Crippen molar-refractivity contribution in [3.63, 3.8) is 0 Å². The van der Waals surface area contributed by atoms with Crippen molar-refractivity contribution in [3.05, 3.63) is 0 Å². The summed E-state index contributed by atoms with van der Waals surface area (Å²) in [5.74, 6) is -0.392. The lowest BCUT2D eigenvalue weighted by Crippen LogP contribution is -2.32. The van der Waals surface area contributed by atoms with E-state index in [0.717, 1.165) is 13.1 Å². The Morgan fingerprint density at radius 2 is 1.77 bits per heavy atom. The quantitative estimate of drug-likeness (QED) is 0.446. The van der Waals surface area contributed by atoms with Crippen molar-refractivity contribution in [1.29, 1.82) is 0 Å². The monoisotopic (exact) mass is 228 g/mol. The maximum absolute atomic E-state index is 11.0. The molecule has 0 N–H and O–H groups in total. The summed E-state index contributed by atoms with van der Waals surface area (Å²) in [4.78, 5) is 9.65. The fourth-order valence-corrected chi connectivity index (χ4v) is 2.57. The van der Waals surface area contributed by atoms with Crippen molar-refractivity contribution in [2.24, 2.45) is 4.40 Å². The van der Waals surface area contributed by atoms with Crippen molar-refractivity contribution in [1.82, 2.24) is 3.71 Å². The first kappa shape index (κ1) is 12.2. The van der Waals surface area contributed by atoms with Gasteiger partial charge in [0.15, 0.2) is 0 Å². The highest BCUT2D eigenvalue weighted by molar-refractivity contribution is 8.03. The van der Waals surface area contributed by atoms with Crippen molar-refractivity contribution >= 4 is 26.3 Å². The summed E-state index contributed by atoms with van der Waals surface area (Å²) in [7, 11) is -7.54. The average Bonchev–Trinajstić information content (AvgIpc) is 2.03. The molecule has 0 aliphatic carbocycles. The summed E-state index contributed by atoms with van der Waals surface area (Å²) in [6.45, 7) is 1.27. The standard InChI is InChI=1S/C4H8N2O5S2/c1-3-12(8,9)6(2)13(10,11)5-4-7/h3H2,1-2H3. The van der Waals surface area contributed by atoms with Gasteiger partial charge >= 0.3 is 10.2 Å². The van der Waals surface area contributed by atoms with E-state index in [1.807, 2.05) is 0 Å². The van der Waals surface area contributed by atoms with E-state index in [1.165, 1.54) is 6.92 Å². The van der Waals surface area contributed by atoms with Crippen LogP contribution in [-0.2, 0) is 25.0 Å². The molecule has 9 heteroatoms. The molecule has 0 bridgehead atoms. The minimum atomic E-state index is -4.43. The van der Waals surface area contributed by atoms with Crippen molar-refractivity contribution in [3.8, 4) is 0 Å². The molecule has 0 aliphatic heterocycles. The zero-order valence-corrected chi connectivity index (χ0v) is 8.59. The van der Waals surface area contributed by atoms with Gasteiger partial charge in [-0.25, -0.2) is 13.2 Å². The van der Waals surface area contributed by atoms with Gasteiger partial charge in [-0.05, 0) is 6.92 Å². The van der Waals surface area contributed by atoms with Gasteiger partial charge in [-0.3, -0.25) is 0 Å². The molecular formula is C4H8N2O5S2. The maximum atomic E-state index is 11.0. The number of nitrogens with zero attached hydrogens (tertiary/aromatic N) is 2. The minimum Gasteiger partial charge on any atom is -0.211 e. The summed E-state index contributed by atoms with van der Waals surface area (Å²) in [5, 5.41) is 0. The second-order valence-corrected chi connectivity index (χ2v) is 6.09. The lowest BCUT2D eigenvalue weighted by Gasteiger charge is -2.10. The highest BCUT2D eigenvalue weighted by atomic mass is 32.3.